The summed E-state index contributed by atoms with van der Waals surface area (Å²) in [6, 6.07) is 11.3. The first kappa shape index (κ1) is 12.2. The van der Waals surface area contributed by atoms with Gasteiger partial charge in [-0.15, -0.1) is 0 Å². The third-order valence-corrected chi connectivity index (χ3v) is 2.58. The van der Waals surface area contributed by atoms with Crippen LogP contribution in [0.15, 0.2) is 42.5 Å². The number of hydrogen-bond donors (Lipinski definition) is 2. The third kappa shape index (κ3) is 2.91. The minimum absolute atomic E-state index is 0.107. The Bertz CT molecular complexity index is 526. The second-order valence-electron chi connectivity index (χ2n) is 3.87. The zero-order valence-electron chi connectivity index (χ0n) is 9.98. The maximum absolute atomic E-state index is 12.7. The van der Waals surface area contributed by atoms with Gasteiger partial charge in [0.15, 0.2) is 11.5 Å². The van der Waals surface area contributed by atoms with Crippen LogP contribution >= 0.6 is 0 Å². The van der Waals surface area contributed by atoms with E-state index in [0.29, 0.717) is 12.3 Å². The second-order valence-corrected chi connectivity index (χ2v) is 3.87. The van der Waals surface area contributed by atoms with Gasteiger partial charge in [0.1, 0.15) is 5.82 Å². The lowest BCUT2D eigenvalue weighted by atomic mass is 10.2. The first-order chi connectivity index (χ1) is 8.69. The zero-order chi connectivity index (χ0) is 13.0. The van der Waals surface area contributed by atoms with Gasteiger partial charge in [-0.2, -0.15) is 0 Å². The Morgan fingerprint density at radius 3 is 2.50 bits per heavy atom. The predicted molar refractivity (Wildman–Crippen MR) is 68.4 cm³/mol. The number of methoxy groups -OCH3 is 1. The fourth-order valence-corrected chi connectivity index (χ4v) is 1.62. The number of nitrogens with one attached hydrogen (secondary N) is 1. The van der Waals surface area contributed by atoms with Crippen molar-refractivity contribution in [1.82, 2.24) is 0 Å². The Balaban J connectivity index is 2.02. The highest BCUT2D eigenvalue weighted by Crippen LogP contribution is 2.26. The lowest BCUT2D eigenvalue weighted by molar-refractivity contribution is 0.373. The standard InChI is InChI=1S/C14H14FNO2/c1-18-14-7-2-10(8-13(14)17)9-16-12-5-3-11(15)4-6-12/h2-8,16-17H,9H2,1H3. The summed E-state index contributed by atoms with van der Waals surface area (Å²) in [6.45, 7) is 0.545. The molecule has 0 spiro atoms. The fourth-order valence-electron chi connectivity index (χ4n) is 1.62. The minimum Gasteiger partial charge on any atom is -0.504 e. The molecule has 0 radical (unpaired) electrons. The molecule has 0 saturated heterocycles. The molecule has 2 aromatic rings. The summed E-state index contributed by atoms with van der Waals surface area (Å²) in [4.78, 5) is 0. The SMILES string of the molecule is COc1ccc(CNc2ccc(F)cc2)cc1O. The zero-order valence-corrected chi connectivity index (χ0v) is 9.98. The first-order valence-electron chi connectivity index (χ1n) is 5.54. The van der Waals surface area contributed by atoms with Gasteiger partial charge in [0, 0.05) is 12.2 Å². The van der Waals surface area contributed by atoms with Crippen molar-refractivity contribution in [3.05, 3.63) is 53.8 Å². The van der Waals surface area contributed by atoms with Crippen LogP contribution in [0.4, 0.5) is 10.1 Å². The van der Waals surface area contributed by atoms with Gasteiger partial charge in [0.2, 0.25) is 0 Å². The summed E-state index contributed by atoms with van der Waals surface area (Å²) in [5.74, 6) is 0.291. The average molecular weight is 247 g/mol. The fraction of sp³-hybridized carbons (Fsp3) is 0.143. The van der Waals surface area contributed by atoms with Crippen LogP contribution in [-0.4, -0.2) is 12.2 Å². The van der Waals surface area contributed by atoms with Gasteiger partial charge in [-0.3, -0.25) is 0 Å². The Hall–Kier alpha value is -2.23. The van der Waals surface area contributed by atoms with Crippen LogP contribution < -0.4 is 10.1 Å². The molecule has 0 aliphatic heterocycles. The van der Waals surface area contributed by atoms with Crippen LogP contribution in [0.2, 0.25) is 0 Å². The molecule has 0 aromatic heterocycles. The van der Waals surface area contributed by atoms with E-state index in [0.717, 1.165) is 11.3 Å². The molecule has 94 valence electrons. The van der Waals surface area contributed by atoms with E-state index in [1.54, 1.807) is 24.3 Å². The van der Waals surface area contributed by atoms with Gasteiger partial charge >= 0.3 is 0 Å². The van der Waals surface area contributed by atoms with Crippen molar-refractivity contribution < 1.29 is 14.2 Å². The Kier molecular flexibility index (Phi) is 3.67. The molecule has 3 nitrogen and oxygen atoms in total. The van der Waals surface area contributed by atoms with E-state index >= 15 is 0 Å². The topological polar surface area (TPSA) is 41.5 Å². The largest absolute Gasteiger partial charge is 0.504 e. The number of aromatic hydroxyl groups is 1. The van der Waals surface area contributed by atoms with E-state index in [1.165, 1.54) is 19.2 Å². The summed E-state index contributed by atoms with van der Waals surface area (Å²) in [5.41, 5.74) is 1.74. The number of anilines is 1. The molecule has 0 heterocycles. The maximum atomic E-state index is 12.7. The van der Waals surface area contributed by atoms with Crippen molar-refractivity contribution in [2.24, 2.45) is 0 Å². The number of ether oxygens (including phenoxy) is 1. The predicted octanol–water partition coefficient (Wildman–Crippen LogP) is 3.15. The average Bonchev–Trinajstić information content (AvgIpc) is 2.38. The molecule has 2 N–H and O–H groups in total. The van der Waals surface area contributed by atoms with Gasteiger partial charge in [-0.05, 0) is 42.0 Å². The van der Waals surface area contributed by atoms with Gasteiger partial charge < -0.3 is 15.2 Å². The molecule has 0 fully saturated rings. The van der Waals surface area contributed by atoms with Gasteiger partial charge in [-0.1, -0.05) is 6.07 Å². The van der Waals surface area contributed by atoms with Crippen LogP contribution in [0.3, 0.4) is 0 Å². The van der Waals surface area contributed by atoms with Crippen LogP contribution in [0.5, 0.6) is 11.5 Å². The molecule has 0 atom stereocenters. The van der Waals surface area contributed by atoms with Crippen LogP contribution in [0.1, 0.15) is 5.56 Å². The molecular formula is C14H14FNO2. The smallest absolute Gasteiger partial charge is 0.160 e. The highest BCUT2D eigenvalue weighted by atomic mass is 19.1. The van der Waals surface area contributed by atoms with E-state index in [-0.39, 0.29) is 11.6 Å². The summed E-state index contributed by atoms with van der Waals surface area (Å²) < 4.78 is 17.7. The number of rotatable bonds is 4. The minimum atomic E-state index is -0.261. The molecule has 18 heavy (non-hydrogen) atoms. The number of hydrogen-bond acceptors (Lipinski definition) is 3. The molecule has 0 aliphatic carbocycles. The molecule has 4 heteroatoms. The van der Waals surface area contributed by atoms with Crippen molar-refractivity contribution in [3.63, 3.8) is 0 Å². The summed E-state index contributed by atoms with van der Waals surface area (Å²) in [5, 5.41) is 12.8. The lowest BCUT2D eigenvalue weighted by Crippen LogP contribution is -1.99. The quantitative estimate of drug-likeness (QED) is 0.872. The Labute approximate surface area is 105 Å². The molecular weight excluding hydrogens is 233 g/mol. The normalized spacial score (nSPS) is 10.1. The highest BCUT2D eigenvalue weighted by molar-refractivity contribution is 5.46. The molecule has 0 bridgehead atoms. The summed E-state index contributed by atoms with van der Waals surface area (Å²) >= 11 is 0. The highest BCUT2D eigenvalue weighted by Gasteiger charge is 2.02. The monoisotopic (exact) mass is 247 g/mol. The van der Waals surface area contributed by atoms with Crippen LogP contribution in [0, 0.1) is 5.82 Å². The molecule has 0 amide bonds. The molecule has 2 aromatic carbocycles. The molecule has 0 saturated carbocycles. The molecule has 0 unspecified atom stereocenters. The van der Waals surface area contributed by atoms with Crippen LogP contribution in [-0.2, 0) is 6.54 Å². The van der Waals surface area contributed by atoms with E-state index in [2.05, 4.69) is 5.32 Å². The molecule has 0 aliphatic rings. The number of halogens is 1. The van der Waals surface area contributed by atoms with Gasteiger partial charge in [0.25, 0.3) is 0 Å². The van der Waals surface area contributed by atoms with Crippen molar-refractivity contribution in [3.8, 4) is 11.5 Å². The number of phenols is 1. The van der Waals surface area contributed by atoms with E-state index in [1.807, 2.05) is 6.07 Å². The van der Waals surface area contributed by atoms with E-state index in [9.17, 15) is 9.50 Å². The van der Waals surface area contributed by atoms with Crippen molar-refractivity contribution >= 4 is 5.69 Å². The van der Waals surface area contributed by atoms with Crippen molar-refractivity contribution in [1.29, 1.82) is 0 Å². The van der Waals surface area contributed by atoms with Crippen LogP contribution in [0.25, 0.3) is 0 Å². The van der Waals surface area contributed by atoms with E-state index < -0.39 is 0 Å². The Morgan fingerprint density at radius 1 is 1.17 bits per heavy atom. The summed E-state index contributed by atoms with van der Waals surface area (Å²) in [6.07, 6.45) is 0. The van der Waals surface area contributed by atoms with E-state index in [4.69, 9.17) is 4.74 Å². The maximum Gasteiger partial charge on any atom is 0.160 e. The Morgan fingerprint density at radius 2 is 1.89 bits per heavy atom. The van der Waals surface area contributed by atoms with Gasteiger partial charge in [-0.25, -0.2) is 4.39 Å². The lowest BCUT2D eigenvalue weighted by Gasteiger charge is -2.08. The number of phenolic OH excluding ortho intramolecular Hbond substituents is 1. The first-order valence-corrected chi connectivity index (χ1v) is 5.54. The van der Waals surface area contributed by atoms with Crippen molar-refractivity contribution in [2.45, 2.75) is 6.54 Å². The second kappa shape index (κ2) is 5.40. The molecule has 2 rings (SSSR count). The van der Waals surface area contributed by atoms with Crippen molar-refractivity contribution in [2.75, 3.05) is 12.4 Å². The third-order valence-electron chi connectivity index (χ3n) is 2.58. The summed E-state index contributed by atoms with van der Waals surface area (Å²) in [7, 11) is 1.51. The number of benzene rings is 2. The van der Waals surface area contributed by atoms with Gasteiger partial charge in [0.05, 0.1) is 7.11 Å².